The molecule has 19 heavy (non-hydrogen) atoms. The summed E-state index contributed by atoms with van der Waals surface area (Å²) >= 11 is 0. The quantitative estimate of drug-likeness (QED) is 0.549. The molecule has 0 unspecified atom stereocenters. The van der Waals surface area contributed by atoms with Gasteiger partial charge in [-0.05, 0) is 18.6 Å². The largest absolute Gasteiger partial charge is 0.332 e. The summed E-state index contributed by atoms with van der Waals surface area (Å²) in [6, 6.07) is 5.60. The Morgan fingerprint density at radius 3 is 2.47 bits per heavy atom. The molecule has 3 rings (SSSR count). The number of fused-ring (bicyclic) bond motifs is 2. The molecule has 0 saturated carbocycles. The highest BCUT2D eigenvalue weighted by molar-refractivity contribution is 5.85. The van der Waals surface area contributed by atoms with Crippen LogP contribution in [0.25, 0.3) is 22.2 Å². The Morgan fingerprint density at radius 2 is 1.74 bits per heavy atom. The summed E-state index contributed by atoms with van der Waals surface area (Å²) in [6.45, 7) is 1.91. The van der Waals surface area contributed by atoms with E-state index in [1.807, 2.05) is 25.1 Å². The molecule has 2 aromatic heterocycles. The Morgan fingerprint density at radius 1 is 1.00 bits per heavy atom. The Balaban J connectivity index is 2.67. The predicted molar refractivity (Wildman–Crippen MR) is 72.3 cm³/mol. The van der Waals surface area contributed by atoms with E-state index in [1.165, 1.54) is 11.6 Å². The number of benzene rings is 1. The van der Waals surface area contributed by atoms with Crippen molar-refractivity contribution in [2.45, 2.75) is 6.92 Å². The first kappa shape index (κ1) is 11.6. The highest BCUT2D eigenvalue weighted by atomic mass is 16.2. The predicted octanol–water partition coefficient (Wildman–Crippen LogP) is 0.489. The Bertz CT molecular complexity index is 937. The highest BCUT2D eigenvalue weighted by Crippen LogP contribution is 2.15. The number of rotatable bonds is 0. The number of hydrogen-bond donors (Lipinski definition) is 0. The van der Waals surface area contributed by atoms with Crippen LogP contribution in [0.15, 0.2) is 27.8 Å². The molecule has 96 valence electrons. The van der Waals surface area contributed by atoms with Gasteiger partial charge in [-0.25, -0.2) is 14.8 Å². The maximum absolute atomic E-state index is 12.1. The van der Waals surface area contributed by atoms with Gasteiger partial charge in [0.1, 0.15) is 0 Å². The van der Waals surface area contributed by atoms with Crippen molar-refractivity contribution in [3.63, 3.8) is 0 Å². The van der Waals surface area contributed by atoms with Gasteiger partial charge in [0, 0.05) is 14.1 Å². The molecule has 0 spiro atoms. The highest BCUT2D eigenvalue weighted by Gasteiger charge is 2.12. The minimum atomic E-state index is -0.421. The molecule has 0 atom stereocenters. The molecule has 0 fully saturated rings. The molecule has 0 radical (unpaired) electrons. The van der Waals surface area contributed by atoms with Gasteiger partial charge in [-0.15, -0.1) is 0 Å². The van der Waals surface area contributed by atoms with Crippen LogP contribution < -0.4 is 11.2 Å². The van der Waals surface area contributed by atoms with E-state index in [9.17, 15) is 9.59 Å². The van der Waals surface area contributed by atoms with Crippen LogP contribution in [0.5, 0.6) is 0 Å². The van der Waals surface area contributed by atoms with E-state index in [1.54, 1.807) is 7.05 Å². The average Bonchev–Trinajstić information content (AvgIpc) is 2.42. The van der Waals surface area contributed by atoms with Crippen LogP contribution in [-0.2, 0) is 14.1 Å². The van der Waals surface area contributed by atoms with Crippen molar-refractivity contribution in [1.82, 2.24) is 19.1 Å². The van der Waals surface area contributed by atoms with Crippen LogP contribution in [0.3, 0.4) is 0 Å². The summed E-state index contributed by atoms with van der Waals surface area (Å²) in [4.78, 5) is 32.7. The number of aromatic nitrogens is 4. The van der Waals surface area contributed by atoms with Crippen molar-refractivity contribution in [1.29, 1.82) is 0 Å². The van der Waals surface area contributed by atoms with Crippen molar-refractivity contribution in [3.05, 3.63) is 44.6 Å². The maximum atomic E-state index is 12.1. The van der Waals surface area contributed by atoms with Gasteiger partial charge >= 0.3 is 5.69 Å². The summed E-state index contributed by atoms with van der Waals surface area (Å²) < 4.78 is 2.38. The Kier molecular flexibility index (Phi) is 2.28. The molecular weight excluding hydrogens is 244 g/mol. The lowest BCUT2D eigenvalue weighted by molar-refractivity contribution is 0.706. The van der Waals surface area contributed by atoms with Gasteiger partial charge in [-0.3, -0.25) is 13.9 Å². The fourth-order valence-electron chi connectivity index (χ4n) is 2.15. The van der Waals surface area contributed by atoms with Crippen LogP contribution in [0.2, 0.25) is 0 Å². The fourth-order valence-corrected chi connectivity index (χ4v) is 2.15. The van der Waals surface area contributed by atoms with Gasteiger partial charge in [0.05, 0.1) is 11.0 Å². The fraction of sp³-hybridized carbons (Fsp3) is 0.231. The molecule has 0 saturated heterocycles. The zero-order valence-electron chi connectivity index (χ0n) is 10.8. The second-order valence-corrected chi connectivity index (χ2v) is 4.54. The van der Waals surface area contributed by atoms with Crippen LogP contribution in [0.4, 0.5) is 0 Å². The summed E-state index contributed by atoms with van der Waals surface area (Å²) in [7, 11) is 3.02. The van der Waals surface area contributed by atoms with Crippen molar-refractivity contribution in [2.75, 3.05) is 0 Å². The third-order valence-corrected chi connectivity index (χ3v) is 3.28. The first-order valence-electron chi connectivity index (χ1n) is 5.84. The third-order valence-electron chi connectivity index (χ3n) is 3.28. The first-order chi connectivity index (χ1) is 9.00. The molecule has 0 amide bonds. The van der Waals surface area contributed by atoms with Crippen molar-refractivity contribution >= 4 is 22.2 Å². The average molecular weight is 256 g/mol. The second kappa shape index (κ2) is 3.74. The SMILES string of the molecule is Cc1cccc2nc3c(nc12)c(=O)n(C)c(=O)n3C. The first-order valence-corrected chi connectivity index (χ1v) is 5.84. The maximum Gasteiger partial charge on any atom is 0.332 e. The normalized spacial score (nSPS) is 11.3. The number of para-hydroxylation sites is 1. The Labute approximate surface area is 108 Å². The van der Waals surface area contributed by atoms with E-state index in [0.29, 0.717) is 16.7 Å². The number of nitrogens with zero attached hydrogens (tertiary/aromatic N) is 4. The Hall–Kier alpha value is -2.50. The minimum Gasteiger partial charge on any atom is -0.279 e. The van der Waals surface area contributed by atoms with E-state index in [-0.39, 0.29) is 5.52 Å². The summed E-state index contributed by atoms with van der Waals surface area (Å²) in [5, 5.41) is 0. The molecule has 0 N–H and O–H groups in total. The molecule has 6 nitrogen and oxygen atoms in total. The molecule has 3 aromatic rings. The van der Waals surface area contributed by atoms with Crippen LogP contribution in [-0.4, -0.2) is 19.1 Å². The van der Waals surface area contributed by atoms with Crippen LogP contribution >= 0.6 is 0 Å². The molecule has 0 aliphatic carbocycles. The summed E-state index contributed by atoms with van der Waals surface area (Å²) in [6.07, 6.45) is 0. The van der Waals surface area contributed by atoms with Gasteiger partial charge in [0.15, 0.2) is 11.2 Å². The van der Waals surface area contributed by atoms with Crippen LogP contribution in [0, 0.1) is 6.92 Å². The second-order valence-electron chi connectivity index (χ2n) is 4.54. The lowest BCUT2D eigenvalue weighted by Gasteiger charge is -2.07. The topological polar surface area (TPSA) is 69.8 Å². The zero-order chi connectivity index (χ0) is 13.7. The van der Waals surface area contributed by atoms with E-state index in [4.69, 9.17) is 0 Å². The molecule has 6 heteroatoms. The smallest absolute Gasteiger partial charge is 0.279 e. The van der Waals surface area contributed by atoms with Crippen LogP contribution in [0.1, 0.15) is 5.56 Å². The van der Waals surface area contributed by atoms with Gasteiger partial charge in [-0.2, -0.15) is 0 Å². The van der Waals surface area contributed by atoms with Gasteiger partial charge in [0.2, 0.25) is 0 Å². The molecular formula is C13H12N4O2. The molecule has 0 aliphatic rings. The van der Waals surface area contributed by atoms with E-state index < -0.39 is 11.2 Å². The van der Waals surface area contributed by atoms with Gasteiger partial charge in [-0.1, -0.05) is 12.1 Å². The summed E-state index contributed by atoms with van der Waals surface area (Å²) in [5.74, 6) is 0. The number of aryl methyl sites for hydroxylation is 2. The summed E-state index contributed by atoms with van der Waals surface area (Å²) in [5.41, 5.74) is 2.01. The zero-order valence-corrected chi connectivity index (χ0v) is 10.8. The van der Waals surface area contributed by atoms with Crippen molar-refractivity contribution in [3.8, 4) is 0 Å². The lowest BCUT2D eigenvalue weighted by Crippen LogP contribution is -2.37. The number of hydrogen-bond acceptors (Lipinski definition) is 4. The molecule has 0 aliphatic heterocycles. The lowest BCUT2D eigenvalue weighted by atomic mass is 10.2. The third kappa shape index (κ3) is 1.49. The van der Waals surface area contributed by atoms with E-state index >= 15 is 0 Å². The molecule has 2 heterocycles. The van der Waals surface area contributed by atoms with Gasteiger partial charge < -0.3 is 0 Å². The molecule has 0 bridgehead atoms. The van der Waals surface area contributed by atoms with Gasteiger partial charge in [0.25, 0.3) is 5.56 Å². The van der Waals surface area contributed by atoms with Crippen molar-refractivity contribution < 1.29 is 0 Å². The monoisotopic (exact) mass is 256 g/mol. The minimum absolute atomic E-state index is 0.214. The van der Waals surface area contributed by atoms with E-state index in [0.717, 1.165) is 10.1 Å². The standard InChI is InChI=1S/C13H12N4O2/c1-7-5-4-6-8-9(7)15-10-11(14-8)16(2)13(19)17(3)12(10)18/h4-6H,1-3H3. The van der Waals surface area contributed by atoms with E-state index in [2.05, 4.69) is 9.97 Å². The van der Waals surface area contributed by atoms with Crippen molar-refractivity contribution in [2.24, 2.45) is 14.1 Å². The molecule has 1 aromatic carbocycles.